The molecule has 0 atom stereocenters. The summed E-state index contributed by atoms with van der Waals surface area (Å²) in [7, 11) is 0. The van der Waals surface area contributed by atoms with Gasteiger partial charge in [0.15, 0.2) is 0 Å². The van der Waals surface area contributed by atoms with E-state index in [2.05, 4.69) is 0 Å². The third-order valence-electron chi connectivity index (χ3n) is 0. The summed E-state index contributed by atoms with van der Waals surface area (Å²) in [6.45, 7) is 3.44. The molecule has 0 aromatic rings. The molecule has 0 aliphatic carbocycles. The van der Waals surface area contributed by atoms with E-state index in [1.165, 1.54) is 0 Å². The summed E-state index contributed by atoms with van der Waals surface area (Å²) in [6, 6.07) is 0. The summed E-state index contributed by atoms with van der Waals surface area (Å²) in [6.07, 6.45) is -0.167. The van der Waals surface area contributed by atoms with Crippen LogP contribution in [0.4, 0.5) is 0 Å². The van der Waals surface area contributed by atoms with Crippen LogP contribution in [0.1, 0.15) is 13.8 Å². The van der Waals surface area contributed by atoms with Gasteiger partial charge in [-0.25, -0.2) is 0 Å². The highest BCUT2D eigenvalue weighted by molar-refractivity contribution is 5.75. The zero-order valence-corrected chi connectivity index (χ0v) is 4.52. The van der Waals surface area contributed by atoms with Gasteiger partial charge >= 0.3 is 0 Å². The zero-order chi connectivity index (χ0) is 3.58. The number of aliphatic hydroxyl groups excluding tert-OH is 1. The lowest BCUT2D eigenvalue weighted by Gasteiger charge is -1.80. The second-order valence-corrected chi connectivity index (χ2v) is 1.09. The molecule has 0 unspecified atom stereocenters. The average molecular weight is 88.2 g/mol. The van der Waals surface area contributed by atoms with Gasteiger partial charge in [0, 0.05) is 17.1 Å². The maximum Gasteiger partial charge on any atom is 0.0483 e. The van der Waals surface area contributed by atoms with E-state index < -0.39 is 0 Å². The molecule has 0 aromatic heterocycles. The lowest BCUT2D eigenvalue weighted by Crippen LogP contribution is -1.85. The summed E-state index contributed by atoms with van der Waals surface area (Å²) in [5.74, 6) is 0. The average Bonchev–Trinajstić information content (AvgIpc) is 0.811. The molecular weight excluding hydrogens is 80.1 g/mol. The van der Waals surface area contributed by atoms with Crippen molar-refractivity contribution in [3.63, 3.8) is 0 Å². The molecule has 0 heterocycles. The molecule has 0 saturated heterocycles. The number of hydrogen-bond donors (Lipinski definition) is 1. The Morgan fingerprint density at radius 2 is 1.40 bits per heavy atom. The van der Waals surface area contributed by atoms with Gasteiger partial charge < -0.3 is 5.11 Å². The van der Waals surface area contributed by atoms with Crippen LogP contribution in [0.15, 0.2) is 0 Å². The van der Waals surface area contributed by atoms with Crippen molar-refractivity contribution in [3.8, 4) is 0 Å². The number of rotatable bonds is 0. The van der Waals surface area contributed by atoms with E-state index in [1.807, 2.05) is 0 Å². The van der Waals surface area contributed by atoms with Crippen LogP contribution in [0.25, 0.3) is 0 Å². The number of hydrogen-bond acceptors (Lipinski definition) is 1. The van der Waals surface area contributed by atoms with Gasteiger partial charge in [-0.1, -0.05) is 0 Å². The van der Waals surface area contributed by atoms with Gasteiger partial charge in [-0.3, -0.25) is 0 Å². The van der Waals surface area contributed by atoms with E-state index in [9.17, 15) is 0 Å². The van der Waals surface area contributed by atoms with Crippen molar-refractivity contribution in [2.24, 2.45) is 0 Å². The minimum atomic E-state index is -0.167. The highest BCUT2D eigenvalue weighted by Crippen LogP contribution is 1.65. The Labute approximate surface area is 37.0 Å². The van der Waals surface area contributed by atoms with Crippen LogP contribution in [-0.4, -0.2) is 22.2 Å². The van der Waals surface area contributed by atoms with Crippen molar-refractivity contribution in [1.82, 2.24) is 0 Å². The van der Waals surface area contributed by atoms with Crippen LogP contribution in [0.5, 0.6) is 0 Å². The highest BCUT2D eigenvalue weighted by atomic mass is 28.1. The minimum Gasteiger partial charge on any atom is -0.394 e. The fourth-order valence-corrected chi connectivity index (χ4v) is 0. The largest absolute Gasteiger partial charge is 0.394 e. The molecule has 5 heavy (non-hydrogen) atoms. The summed E-state index contributed by atoms with van der Waals surface area (Å²) in [5.41, 5.74) is 0. The molecule has 1 nitrogen and oxygen atoms in total. The molecule has 0 amide bonds. The first-order valence-corrected chi connectivity index (χ1v) is 1.41. The van der Waals surface area contributed by atoms with Gasteiger partial charge in [0.1, 0.15) is 0 Å². The molecule has 0 fully saturated rings. The zero-order valence-electron chi connectivity index (χ0n) is 3.52. The fourth-order valence-electron chi connectivity index (χ4n) is 0. The molecule has 0 saturated carbocycles. The van der Waals surface area contributed by atoms with Crippen molar-refractivity contribution in [2.45, 2.75) is 20.0 Å². The lowest BCUT2D eigenvalue weighted by molar-refractivity contribution is 0.216. The first kappa shape index (κ1) is 8.95. The van der Waals surface area contributed by atoms with Crippen LogP contribution >= 0.6 is 0 Å². The summed E-state index contributed by atoms with van der Waals surface area (Å²) >= 11 is 0. The predicted molar refractivity (Wildman–Crippen MR) is 23.1 cm³/mol. The highest BCUT2D eigenvalue weighted by Gasteiger charge is 1.69. The van der Waals surface area contributed by atoms with E-state index in [0.717, 1.165) is 0 Å². The van der Waals surface area contributed by atoms with Gasteiger partial charge in [0.05, 0.1) is 0 Å². The minimum absolute atomic E-state index is 0. The maximum absolute atomic E-state index is 8.06. The van der Waals surface area contributed by atoms with Crippen LogP contribution in [0.3, 0.4) is 0 Å². The maximum atomic E-state index is 8.06. The molecule has 0 spiro atoms. The first-order chi connectivity index (χ1) is 1.73. The second-order valence-electron chi connectivity index (χ2n) is 1.09. The Morgan fingerprint density at radius 1 is 1.40 bits per heavy atom. The third kappa shape index (κ3) is 633. The molecule has 0 aliphatic heterocycles. The fraction of sp³-hybridized carbons (Fsp3) is 1.00. The Kier molecular flexibility index (Phi) is 7.48. The normalized spacial score (nSPS) is 7.20. The SMILES string of the molecule is CC(C)O.[Si]. The first-order valence-electron chi connectivity index (χ1n) is 1.41. The number of aliphatic hydroxyl groups is 1. The topological polar surface area (TPSA) is 20.2 Å². The molecular formula is C3H8OSi. The van der Waals surface area contributed by atoms with E-state index in [-0.39, 0.29) is 17.1 Å². The molecule has 2 heteroatoms. The Bertz CT molecular complexity index is 11.6. The van der Waals surface area contributed by atoms with Crippen LogP contribution in [-0.2, 0) is 0 Å². The third-order valence-corrected chi connectivity index (χ3v) is 0. The standard InChI is InChI=1S/C3H8O.Si/c1-3(2)4;/h3-4H,1-2H3;. The van der Waals surface area contributed by atoms with E-state index in [1.54, 1.807) is 13.8 Å². The monoisotopic (exact) mass is 88.0 g/mol. The van der Waals surface area contributed by atoms with Gasteiger partial charge in [0.2, 0.25) is 0 Å². The molecule has 1 N–H and O–H groups in total. The smallest absolute Gasteiger partial charge is 0.0483 e. The van der Waals surface area contributed by atoms with Crippen molar-refractivity contribution in [3.05, 3.63) is 0 Å². The van der Waals surface area contributed by atoms with Gasteiger partial charge in [-0.2, -0.15) is 0 Å². The molecule has 30 valence electrons. The molecule has 0 aliphatic rings. The summed E-state index contributed by atoms with van der Waals surface area (Å²) in [4.78, 5) is 0. The van der Waals surface area contributed by atoms with Crippen molar-refractivity contribution >= 4 is 11.0 Å². The molecule has 4 radical (unpaired) electrons. The lowest BCUT2D eigenvalue weighted by atomic mass is 10.5. The van der Waals surface area contributed by atoms with Gasteiger partial charge in [-0.15, -0.1) is 0 Å². The van der Waals surface area contributed by atoms with Gasteiger partial charge in [-0.05, 0) is 13.8 Å². The van der Waals surface area contributed by atoms with Crippen molar-refractivity contribution in [2.75, 3.05) is 0 Å². The van der Waals surface area contributed by atoms with Crippen LogP contribution < -0.4 is 0 Å². The second kappa shape index (κ2) is 4.18. The Hall–Kier alpha value is 0.177. The van der Waals surface area contributed by atoms with E-state index >= 15 is 0 Å². The van der Waals surface area contributed by atoms with Crippen molar-refractivity contribution < 1.29 is 5.11 Å². The Morgan fingerprint density at radius 3 is 1.40 bits per heavy atom. The Balaban J connectivity index is 0. The van der Waals surface area contributed by atoms with Crippen LogP contribution in [0.2, 0.25) is 0 Å². The molecule has 0 aromatic carbocycles. The van der Waals surface area contributed by atoms with E-state index in [4.69, 9.17) is 5.11 Å². The van der Waals surface area contributed by atoms with E-state index in [0.29, 0.717) is 0 Å². The van der Waals surface area contributed by atoms with Crippen molar-refractivity contribution in [1.29, 1.82) is 0 Å². The predicted octanol–water partition coefficient (Wildman–Crippen LogP) is 0.00630. The summed E-state index contributed by atoms with van der Waals surface area (Å²) < 4.78 is 0. The van der Waals surface area contributed by atoms with Gasteiger partial charge in [0.25, 0.3) is 0 Å². The molecule has 0 bridgehead atoms. The summed E-state index contributed by atoms with van der Waals surface area (Å²) in [5, 5.41) is 8.06. The molecule has 0 rings (SSSR count). The quantitative estimate of drug-likeness (QED) is 0.413. The van der Waals surface area contributed by atoms with Crippen LogP contribution in [0, 0.1) is 0 Å².